The van der Waals surface area contributed by atoms with Gasteiger partial charge in [0.2, 0.25) is 0 Å². The fraction of sp³-hybridized carbons (Fsp3) is 0.833. The SMILES string of the molecule is OC1(C#CCOC2CCCCO2)CCC1. The molecule has 3 heteroatoms. The predicted octanol–water partition coefficient (Wildman–Crippen LogP) is 1.45. The highest BCUT2D eigenvalue weighted by atomic mass is 16.7. The van der Waals surface area contributed by atoms with Crippen molar-refractivity contribution in [3.63, 3.8) is 0 Å². The summed E-state index contributed by atoms with van der Waals surface area (Å²) in [5.74, 6) is 5.73. The first-order valence-corrected chi connectivity index (χ1v) is 5.74. The molecule has 2 rings (SSSR count). The van der Waals surface area contributed by atoms with Crippen molar-refractivity contribution in [1.82, 2.24) is 0 Å². The van der Waals surface area contributed by atoms with Gasteiger partial charge in [-0.15, -0.1) is 0 Å². The summed E-state index contributed by atoms with van der Waals surface area (Å²) in [5, 5.41) is 9.69. The lowest BCUT2D eigenvalue weighted by Gasteiger charge is -2.31. The average Bonchev–Trinajstić information content (AvgIpc) is 2.23. The molecule has 2 aliphatic rings. The van der Waals surface area contributed by atoms with Crippen LogP contribution in [0.4, 0.5) is 0 Å². The lowest BCUT2D eigenvalue weighted by Crippen LogP contribution is -2.34. The van der Waals surface area contributed by atoms with E-state index in [1.54, 1.807) is 0 Å². The number of hydrogen-bond donors (Lipinski definition) is 1. The van der Waals surface area contributed by atoms with Gasteiger partial charge in [-0.1, -0.05) is 11.8 Å². The molecule has 1 aliphatic carbocycles. The maximum atomic E-state index is 9.69. The van der Waals surface area contributed by atoms with E-state index in [2.05, 4.69) is 11.8 Å². The van der Waals surface area contributed by atoms with Crippen LogP contribution in [-0.4, -0.2) is 30.2 Å². The van der Waals surface area contributed by atoms with E-state index in [1.165, 1.54) is 6.42 Å². The van der Waals surface area contributed by atoms with Crippen molar-refractivity contribution in [2.24, 2.45) is 0 Å². The van der Waals surface area contributed by atoms with Crippen molar-refractivity contribution in [3.05, 3.63) is 0 Å². The van der Waals surface area contributed by atoms with Gasteiger partial charge in [-0.2, -0.15) is 0 Å². The fourth-order valence-electron chi connectivity index (χ4n) is 1.81. The molecule has 1 saturated carbocycles. The minimum absolute atomic E-state index is 0.0796. The molecule has 3 nitrogen and oxygen atoms in total. The van der Waals surface area contributed by atoms with Gasteiger partial charge in [0.15, 0.2) is 6.29 Å². The van der Waals surface area contributed by atoms with Crippen LogP contribution >= 0.6 is 0 Å². The third-order valence-electron chi connectivity index (χ3n) is 2.98. The van der Waals surface area contributed by atoms with E-state index in [9.17, 15) is 5.11 Å². The van der Waals surface area contributed by atoms with E-state index in [1.807, 2.05) is 0 Å². The van der Waals surface area contributed by atoms with E-state index in [4.69, 9.17) is 9.47 Å². The molecule has 15 heavy (non-hydrogen) atoms. The predicted molar refractivity (Wildman–Crippen MR) is 56.1 cm³/mol. The highest BCUT2D eigenvalue weighted by molar-refractivity contribution is 5.17. The highest BCUT2D eigenvalue weighted by Crippen LogP contribution is 2.30. The molecule has 0 amide bonds. The van der Waals surface area contributed by atoms with Gasteiger partial charge >= 0.3 is 0 Å². The molecule has 0 aromatic carbocycles. The van der Waals surface area contributed by atoms with Gasteiger partial charge in [-0.3, -0.25) is 0 Å². The summed E-state index contributed by atoms with van der Waals surface area (Å²) in [7, 11) is 0. The Bertz CT molecular complexity index is 254. The number of aliphatic hydroxyl groups is 1. The Labute approximate surface area is 90.8 Å². The van der Waals surface area contributed by atoms with Gasteiger partial charge in [0.1, 0.15) is 12.2 Å². The molecule has 1 unspecified atom stereocenters. The van der Waals surface area contributed by atoms with Crippen molar-refractivity contribution in [3.8, 4) is 11.8 Å². The van der Waals surface area contributed by atoms with E-state index in [0.29, 0.717) is 6.61 Å². The van der Waals surface area contributed by atoms with E-state index >= 15 is 0 Å². The van der Waals surface area contributed by atoms with Crippen LogP contribution in [-0.2, 0) is 9.47 Å². The summed E-state index contributed by atoms with van der Waals surface area (Å²) < 4.78 is 10.8. The second-order valence-electron chi connectivity index (χ2n) is 4.29. The molecular weight excluding hydrogens is 192 g/mol. The smallest absolute Gasteiger partial charge is 0.158 e. The Hall–Kier alpha value is -0.560. The molecule has 0 aromatic heterocycles. The Morgan fingerprint density at radius 1 is 1.33 bits per heavy atom. The molecule has 2 fully saturated rings. The van der Waals surface area contributed by atoms with E-state index < -0.39 is 5.60 Å². The Morgan fingerprint density at radius 2 is 2.20 bits per heavy atom. The van der Waals surface area contributed by atoms with Gasteiger partial charge < -0.3 is 14.6 Å². The van der Waals surface area contributed by atoms with Crippen LogP contribution in [0.2, 0.25) is 0 Å². The Morgan fingerprint density at radius 3 is 2.80 bits per heavy atom. The summed E-state index contributed by atoms with van der Waals surface area (Å²) in [6.07, 6.45) is 5.88. The standard InChI is InChI=1S/C12H18O3/c13-12(6-3-7-12)8-4-10-15-11-5-1-2-9-14-11/h11,13H,1-3,5-7,9-10H2. The topological polar surface area (TPSA) is 38.7 Å². The van der Waals surface area contributed by atoms with Gasteiger partial charge in [-0.25, -0.2) is 0 Å². The molecule has 1 atom stereocenters. The number of rotatable bonds is 2. The number of ether oxygens (including phenoxy) is 2. The lowest BCUT2D eigenvalue weighted by molar-refractivity contribution is -0.154. The molecular formula is C12H18O3. The normalized spacial score (nSPS) is 28.7. The zero-order chi connectivity index (χ0) is 10.6. The quantitative estimate of drug-likeness (QED) is 0.701. The van der Waals surface area contributed by atoms with Crippen molar-refractivity contribution in [2.45, 2.75) is 50.4 Å². The molecule has 0 spiro atoms. The minimum Gasteiger partial charge on any atom is -0.378 e. The molecule has 1 aliphatic heterocycles. The zero-order valence-electron chi connectivity index (χ0n) is 9.00. The zero-order valence-corrected chi connectivity index (χ0v) is 9.00. The molecule has 1 N–H and O–H groups in total. The van der Waals surface area contributed by atoms with Gasteiger partial charge in [0.05, 0.1) is 0 Å². The van der Waals surface area contributed by atoms with Crippen LogP contribution in [0, 0.1) is 11.8 Å². The second-order valence-corrected chi connectivity index (χ2v) is 4.29. The Balaban J connectivity index is 1.65. The first-order valence-electron chi connectivity index (χ1n) is 5.74. The first kappa shape index (κ1) is 10.9. The van der Waals surface area contributed by atoms with Crippen molar-refractivity contribution in [1.29, 1.82) is 0 Å². The van der Waals surface area contributed by atoms with Gasteiger partial charge in [0.25, 0.3) is 0 Å². The summed E-state index contributed by atoms with van der Waals surface area (Å²) >= 11 is 0. The highest BCUT2D eigenvalue weighted by Gasteiger charge is 2.31. The summed E-state index contributed by atoms with van der Waals surface area (Å²) in [6.45, 7) is 1.16. The molecule has 1 saturated heterocycles. The van der Waals surface area contributed by atoms with Gasteiger partial charge in [0, 0.05) is 6.61 Å². The first-order chi connectivity index (χ1) is 7.29. The molecule has 0 radical (unpaired) electrons. The van der Waals surface area contributed by atoms with Crippen LogP contribution in [0.5, 0.6) is 0 Å². The van der Waals surface area contributed by atoms with Crippen LogP contribution in [0.15, 0.2) is 0 Å². The summed E-state index contributed by atoms with van der Waals surface area (Å²) in [5.41, 5.74) is -0.712. The van der Waals surface area contributed by atoms with E-state index in [0.717, 1.165) is 38.7 Å². The summed E-state index contributed by atoms with van der Waals surface area (Å²) in [6, 6.07) is 0. The maximum absolute atomic E-state index is 9.69. The maximum Gasteiger partial charge on any atom is 0.158 e. The average molecular weight is 210 g/mol. The van der Waals surface area contributed by atoms with Crippen molar-refractivity contribution in [2.75, 3.05) is 13.2 Å². The lowest BCUT2D eigenvalue weighted by atomic mass is 9.81. The van der Waals surface area contributed by atoms with Crippen molar-refractivity contribution >= 4 is 0 Å². The van der Waals surface area contributed by atoms with Crippen LogP contribution in [0.1, 0.15) is 38.5 Å². The number of hydrogen-bond acceptors (Lipinski definition) is 3. The molecule has 0 bridgehead atoms. The summed E-state index contributed by atoms with van der Waals surface area (Å²) in [4.78, 5) is 0. The second kappa shape index (κ2) is 4.98. The largest absolute Gasteiger partial charge is 0.378 e. The van der Waals surface area contributed by atoms with Crippen molar-refractivity contribution < 1.29 is 14.6 Å². The third kappa shape index (κ3) is 3.20. The molecule has 84 valence electrons. The van der Waals surface area contributed by atoms with E-state index in [-0.39, 0.29) is 6.29 Å². The fourth-order valence-corrected chi connectivity index (χ4v) is 1.81. The van der Waals surface area contributed by atoms with Crippen LogP contribution < -0.4 is 0 Å². The monoisotopic (exact) mass is 210 g/mol. The Kier molecular flexibility index (Phi) is 3.63. The molecule has 1 heterocycles. The van der Waals surface area contributed by atoms with Crippen LogP contribution in [0.25, 0.3) is 0 Å². The minimum atomic E-state index is -0.712. The van der Waals surface area contributed by atoms with Gasteiger partial charge in [-0.05, 0) is 38.5 Å². The molecule has 0 aromatic rings. The van der Waals surface area contributed by atoms with Crippen LogP contribution in [0.3, 0.4) is 0 Å². The third-order valence-corrected chi connectivity index (χ3v) is 2.98.